The van der Waals surface area contributed by atoms with Gasteiger partial charge in [0.05, 0.1) is 7.11 Å². The molecular weight excluding hydrogens is 374 g/mol. The van der Waals surface area contributed by atoms with Crippen LogP contribution in [0, 0.1) is 6.92 Å². The number of hydrogen-bond donors (Lipinski definition) is 1. The molecule has 4 aromatic rings. The lowest BCUT2D eigenvalue weighted by molar-refractivity contribution is 0.414. The first-order valence-corrected chi connectivity index (χ1v) is 9.70. The maximum absolute atomic E-state index is 5.33. The summed E-state index contributed by atoms with van der Waals surface area (Å²) in [4.78, 5) is 5.78. The van der Waals surface area contributed by atoms with Gasteiger partial charge in [-0.15, -0.1) is 21.5 Å². The van der Waals surface area contributed by atoms with Crippen LogP contribution in [0.15, 0.2) is 52.4 Å². The lowest BCUT2D eigenvalue weighted by Crippen LogP contribution is -2.06. The highest BCUT2D eigenvalue weighted by Gasteiger charge is 2.12. The van der Waals surface area contributed by atoms with Crippen molar-refractivity contribution in [3.05, 3.63) is 58.3 Å². The standard InChI is InChI=1S/C20H19N5O2S/c1-13-10-12-28-17(13)9-11-21-18-8-7-16(23-24-18)20-22-19(25-27-20)14-3-5-15(26-2)6-4-14/h3-8,10,12H,9,11H2,1-2H3,(H,21,24). The summed E-state index contributed by atoms with van der Waals surface area (Å²) in [5, 5.41) is 17.8. The number of nitrogens with zero attached hydrogens (tertiary/aromatic N) is 4. The Morgan fingerprint density at radius 3 is 2.61 bits per heavy atom. The lowest BCUT2D eigenvalue weighted by atomic mass is 10.2. The molecule has 0 atom stereocenters. The summed E-state index contributed by atoms with van der Waals surface area (Å²) >= 11 is 1.78. The van der Waals surface area contributed by atoms with E-state index in [-0.39, 0.29) is 0 Å². The highest BCUT2D eigenvalue weighted by atomic mass is 32.1. The Kier molecular flexibility index (Phi) is 5.29. The molecule has 0 unspecified atom stereocenters. The predicted octanol–water partition coefficient (Wildman–Crippen LogP) is 4.23. The molecular formula is C20H19N5O2S. The van der Waals surface area contributed by atoms with Crippen LogP contribution >= 0.6 is 11.3 Å². The van der Waals surface area contributed by atoms with Crippen LogP contribution in [0.25, 0.3) is 23.0 Å². The topological polar surface area (TPSA) is 86.0 Å². The van der Waals surface area contributed by atoms with E-state index >= 15 is 0 Å². The number of ether oxygens (including phenoxy) is 1. The fourth-order valence-electron chi connectivity index (χ4n) is 2.69. The van der Waals surface area contributed by atoms with Crippen molar-refractivity contribution in [2.24, 2.45) is 0 Å². The molecule has 0 radical (unpaired) electrons. The first-order valence-electron chi connectivity index (χ1n) is 8.82. The Morgan fingerprint density at radius 1 is 1.07 bits per heavy atom. The number of methoxy groups -OCH3 is 1. The quantitative estimate of drug-likeness (QED) is 0.503. The summed E-state index contributed by atoms with van der Waals surface area (Å²) < 4.78 is 10.5. The van der Waals surface area contributed by atoms with Crippen LogP contribution in [-0.4, -0.2) is 34.0 Å². The van der Waals surface area contributed by atoms with Gasteiger partial charge in [0.1, 0.15) is 11.6 Å². The second-order valence-electron chi connectivity index (χ2n) is 6.16. The van der Waals surface area contributed by atoms with Crippen LogP contribution in [0.3, 0.4) is 0 Å². The molecule has 142 valence electrons. The Labute approximate surface area is 166 Å². The van der Waals surface area contributed by atoms with E-state index in [0.717, 1.165) is 24.3 Å². The molecule has 0 saturated heterocycles. The number of aryl methyl sites for hydroxylation is 1. The Hall–Kier alpha value is -3.26. The molecule has 3 heterocycles. The van der Waals surface area contributed by atoms with E-state index in [2.05, 4.69) is 44.0 Å². The van der Waals surface area contributed by atoms with Crippen LogP contribution in [0.1, 0.15) is 10.4 Å². The number of anilines is 1. The van der Waals surface area contributed by atoms with Crippen molar-refractivity contribution < 1.29 is 9.26 Å². The SMILES string of the molecule is COc1ccc(-c2noc(-c3ccc(NCCc4sccc4C)nn3)n2)cc1. The van der Waals surface area contributed by atoms with Gasteiger partial charge in [0.15, 0.2) is 5.69 Å². The van der Waals surface area contributed by atoms with Crippen molar-refractivity contribution in [3.63, 3.8) is 0 Å². The average Bonchev–Trinajstić information content (AvgIpc) is 3.38. The van der Waals surface area contributed by atoms with Crippen molar-refractivity contribution in [2.45, 2.75) is 13.3 Å². The molecule has 7 nitrogen and oxygen atoms in total. The minimum atomic E-state index is 0.332. The highest BCUT2D eigenvalue weighted by molar-refractivity contribution is 7.10. The zero-order valence-corrected chi connectivity index (χ0v) is 16.4. The maximum Gasteiger partial charge on any atom is 0.278 e. The average molecular weight is 393 g/mol. The molecule has 0 fully saturated rings. The van der Waals surface area contributed by atoms with Crippen molar-refractivity contribution in [2.75, 3.05) is 19.0 Å². The van der Waals surface area contributed by atoms with Gasteiger partial charge >= 0.3 is 0 Å². The van der Waals surface area contributed by atoms with Gasteiger partial charge < -0.3 is 14.6 Å². The van der Waals surface area contributed by atoms with Gasteiger partial charge in [-0.3, -0.25) is 0 Å². The number of nitrogens with one attached hydrogen (secondary N) is 1. The van der Waals surface area contributed by atoms with E-state index in [1.807, 2.05) is 36.4 Å². The van der Waals surface area contributed by atoms with Crippen LogP contribution in [-0.2, 0) is 6.42 Å². The number of benzene rings is 1. The third-order valence-corrected chi connectivity index (χ3v) is 5.37. The normalized spacial score (nSPS) is 10.8. The van der Waals surface area contributed by atoms with Crippen molar-refractivity contribution in [1.29, 1.82) is 0 Å². The minimum Gasteiger partial charge on any atom is -0.497 e. The van der Waals surface area contributed by atoms with Crippen LogP contribution < -0.4 is 10.1 Å². The smallest absolute Gasteiger partial charge is 0.278 e. The van der Waals surface area contributed by atoms with Gasteiger partial charge in [-0.2, -0.15) is 4.98 Å². The van der Waals surface area contributed by atoms with Gasteiger partial charge in [0, 0.05) is 17.0 Å². The predicted molar refractivity (Wildman–Crippen MR) is 109 cm³/mol. The molecule has 1 aromatic carbocycles. The summed E-state index contributed by atoms with van der Waals surface area (Å²) in [6.45, 7) is 2.93. The summed E-state index contributed by atoms with van der Waals surface area (Å²) in [6, 6.07) is 13.3. The molecule has 28 heavy (non-hydrogen) atoms. The Morgan fingerprint density at radius 2 is 1.93 bits per heavy atom. The number of rotatable bonds is 7. The van der Waals surface area contributed by atoms with E-state index in [9.17, 15) is 0 Å². The van der Waals surface area contributed by atoms with Crippen molar-refractivity contribution in [3.8, 4) is 28.7 Å². The molecule has 8 heteroatoms. The van der Waals surface area contributed by atoms with Crippen LogP contribution in [0.5, 0.6) is 5.75 Å². The first kappa shape index (κ1) is 18.1. The second-order valence-corrected chi connectivity index (χ2v) is 7.16. The van der Waals surface area contributed by atoms with Gasteiger partial charge in [-0.1, -0.05) is 5.16 Å². The first-order chi connectivity index (χ1) is 13.7. The molecule has 0 bridgehead atoms. The molecule has 0 spiro atoms. The van der Waals surface area contributed by atoms with Crippen molar-refractivity contribution in [1.82, 2.24) is 20.3 Å². The molecule has 0 aliphatic rings. The summed E-state index contributed by atoms with van der Waals surface area (Å²) in [7, 11) is 1.63. The van der Waals surface area contributed by atoms with Crippen molar-refractivity contribution >= 4 is 17.2 Å². The molecule has 0 aliphatic heterocycles. The van der Waals surface area contributed by atoms with Gasteiger partial charge in [-0.25, -0.2) is 0 Å². The van der Waals surface area contributed by atoms with E-state index < -0.39 is 0 Å². The third kappa shape index (κ3) is 4.01. The zero-order chi connectivity index (χ0) is 19.3. The van der Waals surface area contributed by atoms with Crippen LogP contribution in [0.4, 0.5) is 5.82 Å². The number of thiophene rings is 1. The summed E-state index contributed by atoms with van der Waals surface area (Å²) in [5.74, 6) is 2.32. The summed E-state index contributed by atoms with van der Waals surface area (Å²) in [6.07, 6.45) is 0.960. The largest absolute Gasteiger partial charge is 0.497 e. The van der Waals surface area contributed by atoms with Gasteiger partial charge in [0.2, 0.25) is 5.82 Å². The van der Waals surface area contributed by atoms with Gasteiger partial charge in [0.25, 0.3) is 5.89 Å². The maximum atomic E-state index is 5.33. The second kappa shape index (κ2) is 8.18. The van der Waals surface area contributed by atoms with Gasteiger partial charge in [-0.05, 0) is 66.8 Å². The number of aromatic nitrogens is 4. The van der Waals surface area contributed by atoms with E-state index in [1.165, 1.54) is 10.4 Å². The fourth-order valence-corrected chi connectivity index (χ4v) is 3.60. The Bertz CT molecular complexity index is 1040. The molecule has 1 N–H and O–H groups in total. The molecule has 0 saturated carbocycles. The third-order valence-electron chi connectivity index (χ3n) is 4.28. The fraction of sp³-hybridized carbons (Fsp3) is 0.200. The number of hydrogen-bond acceptors (Lipinski definition) is 8. The highest BCUT2D eigenvalue weighted by Crippen LogP contribution is 2.23. The van der Waals surface area contributed by atoms with Crippen LogP contribution in [0.2, 0.25) is 0 Å². The minimum absolute atomic E-state index is 0.332. The Balaban J connectivity index is 1.39. The molecule has 0 aliphatic carbocycles. The summed E-state index contributed by atoms with van der Waals surface area (Å²) in [5.41, 5.74) is 2.70. The lowest BCUT2D eigenvalue weighted by Gasteiger charge is -2.04. The van der Waals surface area contributed by atoms with E-state index in [0.29, 0.717) is 23.2 Å². The molecule has 4 rings (SSSR count). The molecule has 0 amide bonds. The molecule has 3 aromatic heterocycles. The van der Waals surface area contributed by atoms with E-state index in [4.69, 9.17) is 9.26 Å². The van der Waals surface area contributed by atoms with E-state index in [1.54, 1.807) is 18.4 Å². The zero-order valence-electron chi connectivity index (χ0n) is 15.5. The monoisotopic (exact) mass is 393 g/mol.